The van der Waals surface area contributed by atoms with E-state index in [4.69, 9.17) is 30.4 Å². The molecular weight excluding hydrogens is 736 g/mol. The van der Waals surface area contributed by atoms with Crippen LogP contribution in [0.3, 0.4) is 0 Å². The molecule has 0 aliphatic heterocycles. The first-order valence-corrected chi connectivity index (χ1v) is 17.9. The second-order valence-corrected chi connectivity index (χ2v) is 13.1. The zero-order valence-corrected chi connectivity index (χ0v) is 34.7. The number of carbonyl (C=O) groups excluding carboxylic acids is 3. The molecule has 1 N–H and O–H groups in total. The van der Waals surface area contributed by atoms with E-state index in [9.17, 15) is 22.8 Å². The van der Waals surface area contributed by atoms with Gasteiger partial charge in [-0.15, -0.1) is 30.3 Å². The molecule has 0 radical (unpaired) electrons. The summed E-state index contributed by atoms with van der Waals surface area (Å²) in [7, 11) is -3.92. The van der Waals surface area contributed by atoms with Crippen LogP contribution in [0.15, 0.2) is 48.6 Å². The van der Waals surface area contributed by atoms with E-state index in [0.717, 1.165) is 61.7 Å². The number of hydrogen-bond donors (Lipinski definition) is 1. The summed E-state index contributed by atoms with van der Waals surface area (Å²) in [4.78, 5) is 32.2. The van der Waals surface area contributed by atoms with Crippen LogP contribution in [0.25, 0.3) is 0 Å². The van der Waals surface area contributed by atoms with Gasteiger partial charge >= 0.3 is 41.0 Å². The van der Waals surface area contributed by atoms with Gasteiger partial charge in [0.25, 0.3) is 10.1 Å². The average molecular weight is 797 g/mol. The Morgan fingerprint density at radius 3 is 1.48 bits per heavy atom. The van der Waals surface area contributed by atoms with Crippen LogP contribution < -0.4 is 17.0 Å². The Morgan fingerprint density at radius 1 is 0.771 bits per heavy atom. The summed E-state index contributed by atoms with van der Waals surface area (Å²) in [5, 5.41) is 0. The molecule has 1 rings (SSSR count). The van der Waals surface area contributed by atoms with Gasteiger partial charge in [0.2, 0.25) is 0 Å². The maximum atomic E-state index is 10.8. The molecule has 1 aliphatic rings. The minimum absolute atomic E-state index is 0. The Bertz CT molecular complexity index is 1040. The van der Waals surface area contributed by atoms with Crippen LogP contribution in [0, 0.1) is 12.3 Å². The van der Waals surface area contributed by atoms with E-state index in [0.29, 0.717) is 51.2 Å². The van der Waals surface area contributed by atoms with Crippen LogP contribution in [0.2, 0.25) is 0 Å². The van der Waals surface area contributed by atoms with Gasteiger partial charge in [0.05, 0.1) is 25.6 Å². The minimum atomic E-state index is -3.92. The first kappa shape index (κ1) is 56.2. The van der Waals surface area contributed by atoms with E-state index >= 15 is 0 Å². The molecule has 0 aromatic heterocycles. The van der Waals surface area contributed by atoms with Crippen molar-refractivity contribution in [3.8, 4) is 0 Å². The first-order chi connectivity index (χ1) is 21.4. The van der Waals surface area contributed by atoms with E-state index < -0.39 is 10.1 Å². The summed E-state index contributed by atoms with van der Waals surface area (Å²) in [5.41, 5.74) is 4.06. The summed E-state index contributed by atoms with van der Waals surface area (Å²) >= 11 is 5.46. The first-order valence-electron chi connectivity index (χ1n) is 15.8. The number of rotatable bonds is 20. The number of hydrogen-bond acceptors (Lipinski definition) is 8. The molecule has 48 heavy (non-hydrogen) atoms. The number of allylic oxidation sites excluding steroid dienone is 2. The van der Waals surface area contributed by atoms with Crippen LogP contribution >= 0.6 is 11.6 Å². The van der Waals surface area contributed by atoms with E-state index in [1.807, 2.05) is 13.8 Å². The smallest absolute Gasteiger partial charge is 1.00 e. The number of esters is 3. The topological polar surface area (TPSA) is 133 Å². The van der Waals surface area contributed by atoms with Gasteiger partial charge in [0.1, 0.15) is 0 Å². The number of ether oxygens (including phenoxy) is 3. The summed E-state index contributed by atoms with van der Waals surface area (Å²) < 4.78 is 44.7. The summed E-state index contributed by atoms with van der Waals surface area (Å²) in [6.45, 7) is 29.0. The van der Waals surface area contributed by atoms with Crippen LogP contribution in [-0.4, -0.2) is 85.4 Å². The maximum absolute atomic E-state index is 10.8. The molecular formula is C35H60BrClMgO9S. The Kier molecular flexibility index (Phi) is 40.1. The molecule has 0 heterocycles. The van der Waals surface area contributed by atoms with Gasteiger partial charge in [-0.1, -0.05) is 50.6 Å². The number of alkyl halides is 1. The minimum Gasteiger partial charge on any atom is -1.00 e. The zero-order valence-electron chi connectivity index (χ0n) is 30.1. The Hall–Kier alpha value is -1.18. The van der Waals surface area contributed by atoms with Gasteiger partial charge in [-0.3, -0.25) is 18.9 Å². The largest absolute Gasteiger partial charge is 2.00 e. The zero-order chi connectivity index (χ0) is 36.2. The molecule has 0 unspecified atom stereocenters. The van der Waals surface area contributed by atoms with Gasteiger partial charge < -0.3 is 38.1 Å². The molecule has 9 nitrogen and oxygen atoms in total. The molecule has 276 valence electrons. The Morgan fingerprint density at radius 2 is 1.17 bits per heavy atom. The van der Waals surface area contributed by atoms with Crippen LogP contribution in [0.4, 0.5) is 0 Å². The summed E-state index contributed by atoms with van der Waals surface area (Å²) in [5.74, 6) is -0.373. The summed E-state index contributed by atoms with van der Waals surface area (Å²) in [6.07, 6.45) is 8.70. The quantitative estimate of drug-likeness (QED) is 0.0338. The fraction of sp³-hybridized carbons (Fsp3) is 0.657. The van der Waals surface area contributed by atoms with Gasteiger partial charge in [-0.25, -0.2) is 0 Å². The van der Waals surface area contributed by atoms with E-state index in [1.54, 1.807) is 20.8 Å². The van der Waals surface area contributed by atoms with Crippen LogP contribution in [-0.2, 0) is 38.7 Å². The molecule has 13 heteroatoms. The third-order valence-electron chi connectivity index (χ3n) is 6.39. The van der Waals surface area contributed by atoms with Crippen molar-refractivity contribution in [2.45, 2.75) is 112 Å². The van der Waals surface area contributed by atoms with Crippen LogP contribution in [0.5, 0.6) is 0 Å². The molecule has 0 spiro atoms. The normalized spacial score (nSPS) is 11.8. The predicted octanol–water partition coefficient (Wildman–Crippen LogP) is 5.16. The van der Waals surface area contributed by atoms with Crippen LogP contribution in [0.1, 0.15) is 112 Å². The third-order valence-corrected chi connectivity index (χ3v) is 7.75. The van der Waals surface area contributed by atoms with E-state index in [-0.39, 0.29) is 75.7 Å². The van der Waals surface area contributed by atoms with E-state index in [2.05, 4.69) is 33.2 Å². The molecule has 0 atom stereocenters. The van der Waals surface area contributed by atoms with Gasteiger partial charge in [0.15, 0.2) is 0 Å². The van der Waals surface area contributed by atoms with Gasteiger partial charge in [0, 0.05) is 38.0 Å². The number of halogens is 2. The fourth-order valence-electron chi connectivity index (χ4n) is 3.17. The molecule has 1 fully saturated rings. The van der Waals surface area contributed by atoms with Crippen molar-refractivity contribution in [3.05, 3.63) is 55.5 Å². The second kappa shape index (κ2) is 34.3. The van der Waals surface area contributed by atoms with Crippen molar-refractivity contribution in [2.24, 2.45) is 5.41 Å². The van der Waals surface area contributed by atoms with Crippen molar-refractivity contribution in [1.29, 1.82) is 0 Å². The monoisotopic (exact) mass is 794 g/mol. The number of carbonyl (C=O) groups is 3. The van der Waals surface area contributed by atoms with Crippen molar-refractivity contribution in [1.82, 2.24) is 0 Å². The molecule has 0 aromatic rings. The predicted molar refractivity (Wildman–Crippen MR) is 194 cm³/mol. The standard InChI is InChI=1S/C13H22O2.C9H16O5S.C8H13ClO2.C5H9.BrH.Mg/c1-5-13(14)15-10-9-12(4)8-6-7-11(2)3;1-2-8(10)14-6-5-9(3-4-9)7-15(11,12)13;1-3-8(10)11-5-4-7(2)6-9;1-4-5(2)3;;/h2,4-10H2,1,3H3;2-7H2,1H3,(H,11,12,13);2-6H2,1H3;1-2,4H2,3H3;1H;/q;;;-1;;+2/p-1. The Labute approximate surface area is 323 Å². The molecule has 0 saturated heterocycles. The SMILES string of the molecule is C=C(C)CCCC(=C)CCOC(=O)CC.C=C(C)C[CH2-].C=C(CCl)CCOC(=O)CC.CCC(=O)OCCC1(CS(=O)(=O)O)CC1.[Br-].[Mg+2]. The second-order valence-electron chi connectivity index (χ2n) is 11.3. The molecule has 0 bridgehead atoms. The molecule has 0 amide bonds. The van der Waals surface area contributed by atoms with Crippen molar-refractivity contribution < 1.29 is 58.5 Å². The maximum Gasteiger partial charge on any atom is 2.00 e. The van der Waals surface area contributed by atoms with Crippen molar-refractivity contribution in [3.63, 3.8) is 0 Å². The molecule has 1 saturated carbocycles. The molecule has 1 aliphatic carbocycles. The average Bonchev–Trinajstić information content (AvgIpc) is 3.74. The summed E-state index contributed by atoms with van der Waals surface area (Å²) in [6, 6.07) is 0. The molecule has 0 aromatic carbocycles. The van der Waals surface area contributed by atoms with Crippen molar-refractivity contribution >= 4 is 62.7 Å². The van der Waals surface area contributed by atoms with Crippen molar-refractivity contribution in [2.75, 3.05) is 31.5 Å². The fourth-order valence-corrected chi connectivity index (χ4v) is 4.51. The third kappa shape index (κ3) is 42.8. The van der Waals surface area contributed by atoms with Gasteiger partial charge in [-0.2, -0.15) is 14.8 Å². The Balaban J connectivity index is -0.000000178. The van der Waals surface area contributed by atoms with E-state index in [1.165, 1.54) is 5.57 Å². The van der Waals surface area contributed by atoms with Gasteiger partial charge in [-0.05, 0) is 57.8 Å².